The largest absolute Gasteiger partial charge is 0.255 e. The van der Waals surface area contributed by atoms with Crippen molar-refractivity contribution in [1.82, 2.24) is 4.98 Å². The number of nitrogens with zero attached hydrogens (tertiary/aromatic N) is 3. The zero-order valence-electron chi connectivity index (χ0n) is 13.4. The van der Waals surface area contributed by atoms with Gasteiger partial charge in [-0.15, -0.1) is 0 Å². The van der Waals surface area contributed by atoms with Crippen LogP contribution in [0.3, 0.4) is 0 Å². The number of aryl methyl sites for hydroxylation is 1. The summed E-state index contributed by atoms with van der Waals surface area (Å²) in [5, 5.41) is 10.0. The van der Waals surface area contributed by atoms with Crippen LogP contribution in [0.5, 0.6) is 0 Å². The second-order valence-electron chi connectivity index (χ2n) is 6.10. The fourth-order valence-corrected chi connectivity index (χ4v) is 3.28. The quantitative estimate of drug-likeness (QED) is 0.642. The monoisotopic (exact) mass is 311 g/mol. The Morgan fingerprint density at radius 3 is 2.62 bits per heavy atom. The number of para-hydroxylation sites is 1. The predicted molar refractivity (Wildman–Crippen MR) is 96.8 cm³/mol. The van der Waals surface area contributed by atoms with E-state index in [-0.39, 0.29) is 0 Å². The zero-order chi connectivity index (χ0) is 16.4. The molecular formula is C21H17N3. The number of hydrogen-bond acceptors (Lipinski definition) is 3. The highest BCUT2D eigenvalue weighted by molar-refractivity contribution is 5.95. The molecular weight excluding hydrogens is 294 g/mol. The second kappa shape index (κ2) is 6.25. The number of rotatable bonds is 2. The van der Waals surface area contributed by atoms with Crippen molar-refractivity contribution in [3.63, 3.8) is 0 Å². The standard InChI is InChI=1S/C21H17N3/c22-13-15-9-11-16(12-10-15)14-23-21-17-5-1-3-7-19(17)24-20-8-4-2-6-18(20)21/h1,3,5,7,9-12,14H,2,4,6,8H2. The molecule has 0 atom stereocenters. The maximum atomic E-state index is 8.90. The molecule has 1 aliphatic carbocycles. The lowest BCUT2D eigenvalue weighted by molar-refractivity contribution is 0.672. The summed E-state index contributed by atoms with van der Waals surface area (Å²) in [6.07, 6.45) is 6.38. The Labute approximate surface area is 141 Å². The van der Waals surface area contributed by atoms with Crippen molar-refractivity contribution in [2.45, 2.75) is 25.7 Å². The highest BCUT2D eigenvalue weighted by Crippen LogP contribution is 2.35. The molecule has 0 amide bonds. The van der Waals surface area contributed by atoms with E-state index in [0.717, 1.165) is 35.0 Å². The van der Waals surface area contributed by atoms with Gasteiger partial charge in [0.1, 0.15) is 0 Å². The van der Waals surface area contributed by atoms with Gasteiger partial charge < -0.3 is 0 Å². The van der Waals surface area contributed by atoms with E-state index < -0.39 is 0 Å². The van der Waals surface area contributed by atoms with Gasteiger partial charge in [0.25, 0.3) is 0 Å². The SMILES string of the molecule is N#Cc1ccc(C=Nc2c3c(nc4ccccc24)CCCC3)cc1. The second-order valence-corrected chi connectivity index (χ2v) is 6.10. The molecule has 0 saturated carbocycles. The van der Waals surface area contributed by atoms with Crippen LogP contribution in [-0.2, 0) is 12.8 Å². The van der Waals surface area contributed by atoms with E-state index >= 15 is 0 Å². The Morgan fingerprint density at radius 1 is 1.00 bits per heavy atom. The minimum absolute atomic E-state index is 0.666. The van der Waals surface area contributed by atoms with E-state index in [1.807, 2.05) is 42.6 Å². The molecule has 0 saturated heterocycles. The van der Waals surface area contributed by atoms with E-state index in [1.54, 1.807) is 0 Å². The van der Waals surface area contributed by atoms with Crippen molar-refractivity contribution in [3.05, 3.63) is 70.9 Å². The van der Waals surface area contributed by atoms with Gasteiger partial charge in [-0.25, -0.2) is 0 Å². The van der Waals surface area contributed by atoms with Gasteiger partial charge in [0.15, 0.2) is 0 Å². The molecule has 1 aromatic heterocycles. The summed E-state index contributed by atoms with van der Waals surface area (Å²) in [6.45, 7) is 0. The number of aromatic nitrogens is 1. The van der Waals surface area contributed by atoms with Gasteiger partial charge in [-0.1, -0.05) is 30.3 Å². The molecule has 3 heteroatoms. The molecule has 0 spiro atoms. The van der Waals surface area contributed by atoms with Crippen LogP contribution in [0.2, 0.25) is 0 Å². The van der Waals surface area contributed by atoms with Crippen LogP contribution in [0.25, 0.3) is 10.9 Å². The molecule has 0 unspecified atom stereocenters. The van der Waals surface area contributed by atoms with Crippen molar-refractivity contribution >= 4 is 22.8 Å². The number of nitriles is 1. The average Bonchev–Trinajstić information content (AvgIpc) is 2.65. The fraction of sp³-hybridized carbons (Fsp3) is 0.190. The molecule has 0 N–H and O–H groups in total. The van der Waals surface area contributed by atoms with Crippen LogP contribution >= 0.6 is 0 Å². The molecule has 0 bridgehead atoms. The Bertz CT molecular complexity index is 963. The third kappa shape index (κ3) is 2.68. The Hall–Kier alpha value is -2.99. The number of fused-ring (bicyclic) bond motifs is 2. The van der Waals surface area contributed by atoms with E-state index in [1.165, 1.54) is 24.1 Å². The minimum atomic E-state index is 0.666. The van der Waals surface area contributed by atoms with Gasteiger partial charge in [-0.2, -0.15) is 5.26 Å². The van der Waals surface area contributed by atoms with Gasteiger partial charge in [0, 0.05) is 17.3 Å². The van der Waals surface area contributed by atoms with Gasteiger partial charge in [0.05, 0.1) is 22.8 Å². The van der Waals surface area contributed by atoms with Crippen molar-refractivity contribution in [2.75, 3.05) is 0 Å². The van der Waals surface area contributed by atoms with E-state index in [2.05, 4.69) is 18.2 Å². The van der Waals surface area contributed by atoms with Gasteiger partial charge >= 0.3 is 0 Å². The average molecular weight is 311 g/mol. The smallest absolute Gasteiger partial charge is 0.0991 e. The fourth-order valence-electron chi connectivity index (χ4n) is 3.28. The summed E-state index contributed by atoms with van der Waals surface area (Å²) < 4.78 is 0. The maximum Gasteiger partial charge on any atom is 0.0991 e. The molecule has 2 aromatic carbocycles. The van der Waals surface area contributed by atoms with Crippen molar-refractivity contribution < 1.29 is 0 Å². The van der Waals surface area contributed by atoms with Crippen LogP contribution in [-0.4, -0.2) is 11.2 Å². The lowest BCUT2D eigenvalue weighted by atomic mass is 9.93. The lowest BCUT2D eigenvalue weighted by Gasteiger charge is -2.18. The van der Waals surface area contributed by atoms with E-state index in [9.17, 15) is 0 Å². The van der Waals surface area contributed by atoms with Crippen LogP contribution < -0.4 is 0 Å². The Morgan fingerprint density at radius 2 is 1.79 bits per heavy atom. The van der Waals surface area contributed by atoms with Crippen molar-refractivity contribution in [2.24, 2.45) is 4.99 Å². The molecule has 116 valence electrons. The van der Waals surface area contributed by atoms with Crippen LogP contribution in [0.1, 0.15) is 35.2 Å². The van der Waals surface area contributed by atoms with Gasteiger partial charge in [0.2, 0.25) is 0 Å². The number of aliphatic imine (C=N–C) groups is 1. The first kappa shape index (κ1) is 14.6. The summed E-state index contributed by atoms with van der Waals surface area (Å²) in [7, 11) is 0. The highest BCUT2D eigenvalue weighted by atomic mass is 14.8. The molecule has 0 radical (unpaired) electrons. The summed E-state index contributed by atoms with van der Waals surface area (Å²) in [5.74, 6) is 0. The molecule has 1 heterocycles. The highest BCUT2D eigenvalue weighted by Gasteiger charge is 2.17. The number of benzene rings is 2. The molecule has 3 nitrogen and oxygen atoms in total. The number of pyridine rings is 1. The Balaban J connectivity index is 1.82. The maximum absolute atomic E-state index is 8.90. The van der Waals surface area contributed by atoms with Crippen molar-refractivity contribution in [1.29, 1.82) is 5.26 Å². The first-order valence-electron chi connectivity index (χ1n) is 8.30. The van der Waals surface area contributed by atoms with Crippen molar-refractivity contribution in [3.8, 4) is 6.07 Å². The summed E-state index contributed by atoms with van der Waals surface area (Å²) in [4.78, 5) is 9.67. The van der Waals surface area contributed by atoms with Crippen LogP contribution in [0.15, 0.2) is 53.5 Å². The molecule has 24 heavy (non-hydrogen) atoms. The summed E-state index contributed by atoms with van der Waals surface area (Å²) in [6, 6.07) is 17.9. The van der Waals surface area contributed by atoms with Gasteiger partial charge in [-0.3, -0.25) is 9.98 Å². The molecule has 0 aliphatic heterocycles. The van der Waals surface area contributed by atoms with Crippen LogP contribution in [0.4, 0.5) is 5.69 Å². The Kier molecular flexibility index (Phi) is 3.80. The first-order valence-corrected chi connectivity index (χ1v) is 8.30. The molecule has 0 fully saturated rings. The minimum Gasteiger partial charge on any atom is -0.255 e. The van der Waals surface area contributed by atoms with Crippen LogP contribution in [0, 0.1) is 11.3 Å². The normalized spacial score (nSPS) is 13.8. The predicted octanol–water partition coefficient (Wildman–Crippen LogP) is 4.74. The van der Waals surface area contributed by atoms with E-state index in [4.69, 9.17) is 15.2 Å². The van der Waals surface area contributed by atoms with E-state index in [0.29, 0.717) is 5.56 Å². The zero-order valence-corrected chi connectivity index (χ0v) is 13.4. The van der Waals surface area contributed by atoms with Gasteiger partial charge in [-0.05, 0) is 55.0 Å². The third-order valence-electron chi connectivity index (χ3n) is 4.52. The summed E-state index contributed by atoms with van der Waals surface area (Å²) in [5.41, 5.74) is 6.24. The number of hydrogen-bond donors (Lipinski definition) is 0. The first-order chi connectivity index (χ1) is 11.8. The third-order valence-corrected chi connectivity index (χ3v) is 4.52. The lowest BCUT2D eigenvalue weighted by Crippen LogP contribution is -2.06. The summed E-state index contributed by atoms with van der Waals surface area (Å²) >= 11 is 0. The molecule has 1 aliphatic rings. The molecule has 4 rings (SSSR count). The molecule has 3 aromatic rings. The topological polar surface area (TPSA) is 49.0 Å².